The maximum absolute atomic E-state index is 9.87. The van der Waals surface area contributed by atoms with E-state index in [1.807, 2.05) is 0 Å². The zero-order chi connectivity index (χ0) is 7.28. The van der Waals surface area contributed by atoms with Gasteiger partial charge >= 0.3 is 11.4 Å². The monoisotopic (exact) mass is 161 g/mol. The first kappa shape index (κ1) is 8.87. The molecule has 0 amide bonds. The summed E-state index contributed by atoms with van der Waals surface area (Å²) in [5, 5.41) is 24.7. The van der Waals surface area contributed by atoms with E-state index in [4.69, 9.17) is 15.7 Å². The first-order chi connectivity index (χ1) is 4.16. The summed E-state index contributed by atoms with van der Waals surface area (Å²) in [5.41, 5.74) is 0. The molecule has 0 rings (SSSR count). The molecule has 1 atom stereocenters. The fourth-order valence-corrected chi connectivity index (χ4v) is 0.275. The van der Waals surface area contributed by atoms with Crippen LogP contribution in [0.2, 0.25) is 0 Å². The molecule has 1 unspecified atom stereocenters. The Morgan fingerprint density at radius 3 is 2.33 bits per heavy atom. The van der Waals surface area contributed by atoms with Crippen molar-refractivity contribution < 1.29 is 33.5 Å². The minimum atomic E-state index is -2.60. The maximum atomic E-state index is 9.87. The summed E-state index contributed by atoms with van der Waals surface area (Å²) < 4.78 is 16.6. The number of rotatable bonds is 4. The molecule has 9 heavy (non-hydrogen) atoms. The van der Waals surface area contributed by atoms with E-state index in [0.717, 1.165) is 0 Å². The van der Waals surface area contributed by atoms with Gasteiger partial charge < -0.3 is 0 Å². The lowest BCUT2D eigenvalue weighted by molar-refractivity contribution is -0.471. The highest BCUT2D eigenvalue weighted by atomic mass is 32.2. The Bertz CT molecular complexity index is 88.9. The van der Waals surface area contributed by atoms with Gasteiger partial charge in [0.1, 0.15) is 0 Å². The highest BCUT2D eigenvalue weighted by molar-refractivity contribution is 7.75. The molecule has 9 heteroatoms. The summed E-state index contributed by atoms with van der Waals surface area (Å²) >= 11 is -2.60. The molecule has 0 spiro atoms. The standard InChI is InChI=1S/H3NO7S/c2-1(3)6-9(5)8-7-4/h2-4H. The molecule has 0 bridgehead atoms. The Kier molecular flexibility index (Phi) is 4.65. The second-order valence-corrected chi connectivity index (χ2v) is 1.37. The van der Waals surface area contributed by atoms with Crippen LogP contribution in [0.25, 0.3) is 0 Å². The normalized spacial score (nSPS) is 14.2. The van der Waals surface area contributed by atoms with Crippen molar-refractivity contribution in [2.45, 2.75) is 0 Å². The van der Waals surface area contributed by atoms with Gasteiger partial charge in [0.05, 0.1) is 5.39 Å². The lowest BCUT2D eigenvalue weighted by Gasteiger charge is -2.00. The van der Waals surface area contributed by atoms with Crippen molar-refractivity contribution in [2.75, 3.05) is 0 Å². The highest BCUT2D eigenvalue weighted by Crippen LogP contribution is 1.88. The maximum Gasteiger partial charge on any atom is 0.357 e. The van der Waals surface area contributed by atoms with E-state index in [1.165, 1.54) is 0 Å². The van der Waals surface area contributed by atoms with E-state index >= 15 is 0 Å². The zero-order valence-corrected chi connectivity index (χ0v) is 4.65. The van der Waals surface area contributed by atoms with Crippen LogP contribution >= 0.6 is 0 Å². The molecule has 0 radical (unpaired) electrons. The first-order valence-electron chi connectivity index (χ1n) is 1.43. The van der Waals surface area contributed by atoms with E-state index in [1.54, 1.807) is 0 Å². The molecule has 0 aliphatic rings. The third-order valence-corrected chi connectivity index (χ3v) is 0.641. The number of hydrogen-bond acceptors (Lipinski definition) is 8. The van der Waals surface area contributed by atoms with Gasteiger partial charge in [0.2, 0.25) is 0 Å². The van der Waals surface area contributed by atoms with Crippen molar-refractivity contribution in [3.05, 3.63) is 0 Å². The molecule has 0 aromatic heterocycles. The predicted molar refractivity (Wildman–Crippen MR) is 19.4 cm³/mol. The molecule has 8 nitrogen and oxygen atoms in total. The van der Waals surface area contributed by atoms with Crippen molar-refractivity contribution in [1.82, 2.24) is 5.39 Å². The van der Waals surface area contributed by atoms with Crippen molar-refractivity contribution in [2.24, 2.45) is 0 Å². The zero-order valence-electron chi connectivity index (χ0n) is 3.83. The van der Waals surface area contributed by atoms with Crippen LogP contribution in [0.1, 0.15) is 0 Å². The Hall–Kier alpha value is -0.130. The second-order valence-electron chi connectivity index (χ2n) is 0.674. The molecule has 0 fully saturated rings. The summed E-state index contributed by atoms with van der Waals surface area (Å²) in [5.74, 6) is 0. The van der Waals surface area contributed by atoms with Crippen LogP contribution < -0.4 is 0 Å². The largest absolute Gasteiger partial charge is 0.357 e. The van der Waals surface area contributed by atoms with Gasteiger partial charge in [0.25, 0.3) is 0 Å². The van der Waals surface area contributed by atoms with Crippen LogP contribution in [0.5, 0.6) is 0 Å². The molecule has 0 aliphatic heterocycles. The summed E-state index contributed by atoms with van der Waals surface area (Å²) in [4.78, 5) is 0. The summed E-state index contributed by atoms with van der Waals surface area (Å²) in [6.07, 6.45) is 0. The molecule has 3 N–H and O–H groups in total. The highest BCUT2D eigenvalue weighted by Gasteiger charge is 2.05. The Balaban J connectivity index is 3.27. The minimum Gasteiger partial charge on any atom is -0.265 e. The van der Waals surface area contributed by atoms with Gasteiger partial charge in [-0.3, -0.25) is 10.4 Å². The van der Waals surface area contributed by atoms with Gasteiger partial charge in [-0.15, -0.1) is 4.28 Å². The smallest absolute Gasteiger partial charge is 0.265 e. The molecule has 0 aromatic rings. The fourth-order valence-electron chi connectivity index (χ4n) is 0.0917. The molecular formula is H3NO7S. The van der Waals surface area contributed by atoms with Crippen molar-refractivity contribution >= 4 is 11.4 Å². The lowest BCUT2D eigenvalue weighted by atomic mass is 13.0. The van der Waals surface area contributed by atoms with Crippen LogP contribution in [0.15, 0.2) is 0 Å². The van der Waals surface area contributed by atoms with Crippen molar-refractivity contribution in [3.8, 4) is 0 Å². The topological polar surface area (TPSA) is 109 Å². The van der Waals surface area contributed by atoms with Crippen LogP contribution in [-0.4, -0.2) is 25.3 Å². The van der Waals surface area contributed by atoms with Gasteiger partial charge in [-0.25, -0.2) is 5.26 Å². The predicted octanol–water partition coefficient (Wildman–Crippen LogP) is -1.00. The average molecular weight is 161 g/mol. The Labute approximate surface area is 51.4 Å². The third-order valence-electron chi connectivity index (χ3n) is 0.214. The van der Waals surface area contributed by atoms with Crippen LogP contribution in [0, 0.1) is 0 Å². The minimum absolute atomic E-state index is 0.866. The van der Waals surface area contributed by atoms with E-state index < -0.39 is 16.8 Å². The Morgan fingerprint density at radius 1 is 1.44 bits per heavy atom. The van der Waals surface area contributed by atoms with Gasteiger partial charge in [0.15, 0.2) is 0 Å². The summed E-state index contributed by atoms with van der Waals surface area (Å²) in [6, 6.07) is 0. The van der Waals surface area contributed by atoms with Crippen LogP contribution in [-0.2, 0) is 25.0 Å². The third kappa shape index (κ3) is 5.75. The van der Waals surface area contributed by atoms with Gasteiger partial charge in [-0.2, -0.15) is 4.21 Å². The molecule has 0 aliphatic carbocycles. The van der Waals surface area contributed by atoms with Gasteiger partial charge in [0, 0.05) is 0 Å². The molecular weight excluding hydrogens is 158 g/mol. The second kappa shape index (κ2) is 4.72. The quantitative estimate of drug-likeness (QED) is 0.355. The van der Waals surface area contributed by atoms with E-state index in [2.05, 4.69) is 13.7 Å². The lowest BCUT2D eigenvalue weighted by Crippen LogP contribution is -2.17. The Morgan fingerprint density at radius 2 is 2.00 bits per heavy atom. The fraction of sp³-hybridized carbons (Fsp3) is 0. The molecule has 0 saturated carbocycles. The molecule has 0 aromatic carbocycles. The van der Waals surface area contributed by atoms with Crippen LogP contribution in [0.4, 0.5) is 0 Å². The van der Waals surface area contributed by atoms with Gasteiger partial charge in [-0.05, 0) is 0 Å². The summed E-state index contributed by atoms with van der Waals surface area (Å²) in [6.45, 7) is 0. The van der Waals surface area contributed by atoms with Crippen LogP contribution in [0.3, 0.4) is 0 Å². The van der Waals surface area contributed by atoms with Crippen molar-refractivity contribution in [1.29, 1.82) is 0 Å². The van der Waals surface area contributed by atoms with Gasteiger partial charge in [-0.1, -0.05) is 9.37 Å². The van der Waals surface area contributed by atoms with Crippen molar-refractivity contribution in [3.63, 3.8) is 0 Å². The van der Waals surface area contributed by atoms with E-state index in [-0.39, 0.29) is 0 Å². The average Bonchev–Trinajstić information content (AvgIpc) is 1.63. The molecule has 0 heterocycles. The number of hydrogen-bond donors (Lipinski definition) is 3. The van der Waals surface area contributed by atoms with E-state index in [9.17, 15) is 4.21 Å². The number of nitrogens with zero attached hydrogens (tertiary/aromatic N) is 1. The summed E-state index contributed by atoms with van der Waals surface area (Å²) in [7, 11) is 0. The van der Waals surface area contributed by atoms with E-state index in [0.29, 0.717) is 0 Å². The first-order valence-corrected chi connectivity index (χ1v) is 2.43. The SMILES string of the molecule is O=S(OOO)ON(O)O. The molecule has 0 saturated heterocycles. The molecule has 56 valence electrons.